The second kappa shape index (κ2) is 7.08. The number of amides is 1. The van der Waals surface area contributed by atoms with Crippen LogP contribution in [0.2, 0.25) is 0 Å². The fourth-order valence-electron chi connectivity index (χ4n) is 2.94. The van der Waals surface area contributed by atoms with Gasteiger partial charge in [0.2, 0.25) is 5.91 Å². The zero-order chi connectivity index (χ0) is 18.9. The monoisotopic (exact) mass is 370 g/mol. The lowest BCUT2D eigenvalue weighted by molar-refractivity contribution is -0.146. The van der Waals surface area contributed by atoms with Crippen molar-refractivity contribution in [3.05, 3.63) is 18.0 Å². The third-order valence-corrected chi connectivity index (χ3v) is 4.38. The Balaban J connectivity index is 1.69. The molecule has 0 radical (unpaired) electrons. The van der Waals surface area contributed by atoms with Crippen LogP contribution in [0.5, 0.6) is 0 Å². The van der Waals surface area contributed by atoms with Gasteiger partial charge < -0.3 is 10.2 Å². The molecule has 2 aromatic rings. The van der Waals surface area contributed by atoms with Crippen molar-refractivity contribution in [1.29, 1.82) is 0 Å². The summed E-state index contributed by atoms with van der Waals surface area (Å²) < 4.78 is 39.6. The predicted molar refractivity (Wildman–Crippen MR) is 88.6 cm³/mol. The van der Waals surface area contributed by atoms with Gasteiger partial charge in [-0.3, -0.25) is 4.79 Å². The van der Waals surface area contributed by atoms with Crippen LogP contribution in [-0.2, 0) is 11.0 Å². The van der Waals surface area contributed by atoms with E-state index in [2.05, 4.69) is 20.6 Å². The van der Waals surface area contributed by atoms with Crippen molar-refractivity contribution >= 4 is 17.4 Å². The number of hydrogen-bond donors (Lipinski definition) is 1. The number of fused-ring (bicyclic) bond motifs is 1. The van der Waals surface area contributed by atoms with E-state index in [-0.39, 0.29) is 17.5 Å². The molecule has 0 unspecified atom stereocenters. The Morgan fingerprint density at radius 1 is 1.27 bits per heavy atom. The fourth-order valence-corrected chi connectivity index (χ4v) is 2.94. The lowest BCUT2D eigenvalue weighted by Gasteiger charge is -2.32. The highest BCUT2D eigenvalue weighted by Crippen LogP contribution is 2.28. The molecule has 0 saturated carbocycles. The zero-order valence-corrected chi connectivity index (χ0v) is 14.6. The van der Waals surface area contributed by atoms with Gasteiger partial charge in [-0.15, -0.1) is 15.3 Å². The quantitative estimate of drug-likeness (QED) is 0.892. The minimum atomic E-state index is -4.62. The predicted octanol–water partition coefficient (Wildman–Crippen LogP) is 2.13. The van der Waals surface area contributed by atoms with E-state index in [0.717, 1.165) is 4.52 Å². The van der Waals surface area contributed by atoms with Crippen LogP contribution in [0.25, 0.3) is 5.65 Å². The van der Waals surface area contributed by atoms with Gasteiger partial charge in [0.1, 0.15) is 5.82 Å². The Hall–Kier alpha value is -2.39. The fraction of sp³-hybridized carbons (Fsp3) is 0.625. The SMILES string of the molecule is CC(C)CNC(=O)C1CCN(c2ccc3nnc(C(F)(F)F)n3n2)CC1. The van der Waals surface area contributed by atoms with Gasteiger partial charge in [-0.2, -0.15) is 17.7 Å². The number of carbonyl (C=O) groups excluding carboxylic acids is 1. The third-order valence-electron chi connectivity index (χ3n) is 4.38. The molecule has 2 aromatic heterocycles. The minimum absolute atomic E-state index is 0.0416. The van der Waals surface area contributed by atoms with Gasteiger partial charge >= 0.3 is 6.18 Å². The minimum Gasteiger partial charge on any atom is -0.356 e. The van der Waals surface area contributed by atoms with Gasteiger partial charge in [0.15, 0.2) is 5.65 Å². The highest BCUT2D eigenvalue weighted by atomic mass is 19.4. The average molecular weight is 370 g/mol. The van der Waals surface area contributed by atoms with Crippen molar-refractivity contribution < 1.29 is 18.0 Å². The first-order chi connectivity index (χ1) is 12.3. The van der Waals surface area contributed by atoms with Crippen molar-refractivity contribution in [2.75, 3.05) is 24.5 Å². The summed E-state index contributed by atoms with van der Waals surface area (Å²) in [6.45, 7) is 5.82. The van der Waals surface area contributed by atoms with Crippen LogP contribution in [0.1, 0.15) is 32.5 Å². The molecule has 3 heterocycles. The lowest BCUT2D eigenvalue weighted by Crippen LogP contribution is -2.41. The first-order valence-electron chi connectivity index (χ1n) is 8.58. The zero-order valence-electron chi connectivity index (χ0n) is 14.6. The molecule has 0 spiro atoms. The summed E-state index contributed by atoms with van der Waals surface area (Å²) in [5, 5.41) is 13.7. The number of anilines is 1. The van der Waals surface area contributed by atoms with E-state index >= 15 is 0 Å². The summed E-state index contributed by atoms with van der Waals surface area (Å²) in [5.41, 5.74) is 0.0454. The molecule has 10 heteroatoms. The Morgan fingerprint density at radius 2 is 1.96 bits per heavy atom. The standard InChI is InChI=1S/C16H21F3N6O/c1-10(2)9-20-14(26)11-5-7-24(8-6-11)13-4-3-12-21-22-15(16(17,18)19)25(12)23-13/h3-4,10-11H,5-9H2,1-2H3,(H,20,26). The Labute approximate surface area is 148 Å². The maximum Gasteiger partial charge on any atom is 0.453 e. The molecule has 1 N–H and O–H groups in total. The van der Waals surface area contributed by atoms with Crippen molar-refractivity contribution in [3.8, 4) is 0 Å². The number of hydrogen-bond acceptors (Lipinski definition) is 5. The summed E-state index contributed by atoms with van der Waals surface area (Å²) >= 11 is 0. The maximum absolute atomic E-state index is 13.0. The second-order valence-corrected chi connectivity index (χ2v) is 6.88. The van der Waals surface area contributed by atoms with E-state index in [1.807, 2.05) is 18.7 Å². The van der Waals surface area contributed by atoms with Crippen LogP contribution in [-0.4, -0.2) is 45.4 Å². The van der Waals surface area contributed by atoms with Crippen LogP contribution in [0, 0.1) is 11.8 Å². The van der Waals surface area contributed by atoms with E-state index in [0.29, 0.717) is 44.2 Å². The van der Waals surface area contributed by atoms with Crippen LogP contribution in [0.15, 0.2) is 12.1 Å². The molecular formula is C16H21F3N6O. The van der Waals surface area contributed by atoms with Gasteiger partial charge in [0.05, 0.1) is 0 Å². The summed E-state index contributed by atoms with van der Waals surface area (Å²) in [5.74, 6) is -0.364. The first-order valence-corrected chi connectivity index (χ1v) is 8.58. The van der Waals surface area contributed by atoms with Gasteiger partial charge in [0.25, 0.3) is 5.82 Å². The first kappa shape index (κ1) is 18.4. The van der Waals surface area contributed by atoms with E-state index < -0.39 is 12.0 Å². The van der Waals surface area contributed by atoms with Gasteiger partial charge in [0, 0.05) is 25.6 Å². The molecule has 7 nitrogen and oxygen atoms in total. The van der Waals surface area contributed by atoms with Gasteiger partial charge in [-0.1, -0.05) is 13.8 Å². The Bertz CT molecular complexity index is 780. The van der Waals surface area contributed by atoms with Crippen LogP contribution < -0.4 is 10.2 Å². The molecule has 1 aliphatic heterocycles. The molecule has 0 bridgehead atoms. The molecule has 142 valence electrons. The number of piperidine rings is 1. The number of rotatable bonds is 4. The van der Waals surface area contributed by atoms with Crippen LogP contribution in [0.4, 0.5) is 19.0 Å². The van der Waals surface area contributed by atoms with Crippen molar-refractivity contribution in [3.63, 3.8) is 0 Å². The second-order valence-electron chi connectivity index (χ2n) is 6.88. The molecule has 0 aliphatic carbocycles. The normalized spacial score (nSPS) is 16.5. The van der Waals surface area contributed by atoms with Gasteiger partial charge in [-0.05, 0) is 30.9 Å². The lowest BCUT2D eigenvalue weighted by atomic mass is 9.95. The number of nitrogens with one attached hydrogen (secondary N) is 1. The molecular weight excluding hydrogens is 349 g/mol. The number of nitrogens with zero attached hydrogens (tertiary/aromatic N) is 5. The molecule has 3 rings (SSSR count). The summed E-state index contributed by atoms with van der Waals surface area (Å²) in [6.07, 6.45) is -3.34. The van der Waals surface area contributed by atoms with E-state index in [4.69, 9.17) is 0 Å². The summed E-state index contributed by atoms with van der Waals surface area (Å²) in [4.78, 5) is 14.0. The number of aromatic nitrogens is 4. The maximum atomic E-state index is 13.0. The van der Waals surface area contributed by atoms with Gasteiger partial charge in [-0.25, -0.2) is 0 Å². The molecule has 1 saturated heterocycles. The molecule has 0 atom stereocenters. The highest BCUT2D eigenvalue weighted by molar-refractivity contribution is 5.78. The average Bonchev–Trinajstić information content (AvgIpc) is 3.03. The van der Waals surface area contributed by atoms with Crippen molar-refractivity contribution in [2.45, 2.75) is 32.9 Å². The molecule has 1 fully saturated rings. The molecule has 1 aliphatic rings. The number of alkyl halides is 3. The molecule has 26 heavy (non-hydrogen) atoms. The van der Waals surface area contributed by atoms with Crippen LogP contribution >= 0.6 is 0 Å². The number of halogens is 3. The summed E-state index contributed by atoms with van der Waals surface area (Å²) in [6, 6.07) is 3.09. The summed E-state index contributed by atoms with van der Waals surface area (Å²) in [7, 11) is 0. The van der Waals surface area contributed by atoms with E-state index in [1.165, 1.54) is 6.07 Å². The van der Waals surface area contributed by atoms with Crippen LogP contribution in [0.3, 0.4) is 0 Å². The number of carbonyl (C=O) groups is 1. The topological polar surface area (TPSA) is 75.4 Å². The van der Waals surface area contributed by atoms with E-state index in [1.54, 1.807) is 6.07 Å². The molecule has 0 aromatic carbocycles. The largest absolute Gasteiger partial charge is 0.453 e. The van der Waals surface area contributed by atoms with E-state index in [9.17, 15) is 18.0 Å². The van der Waals surface area contributed by atoms with Crippen molar-refractivity contribution in [1.82, 2.24) is 25.1 Å². The highest BCUT2D eigenvalue weighted by Gasteiger charge is 2.38. The molecule has 1 amide bonds. The third kappa shape index (κ3) is 3.88. The Morgan fingerprint density at radius 3 is 2.58 bits per heavy atom. The smallest absolute Gasteiger partial charge is 0.356 e. The van der Waals surface area contributed by atoms with Crippen molar-refractivity contribution in [2.24, 2.45) is 11.8 Å². The Kier molecular flexibility index (Phi) is 5.01.